The van der Waals surface area contributed by atoms with E-state index < -0.39 is 17.4 Å². The van der Waals surface area contributed by atoms with Crippen LogP contribution in [0, 0.1) is 11.6 Å². The average Bonchev–Trinajstić information content (AvgIpc) is 2.82. The summed E-state index contributed by atoms with van der Waals surface area (Å²) in [5.74, 6) is -2.30. The van der Waals surface area contributed by atoms with Crippen LogP contribution in [0.15, 0.2) is 65.6 Å². The van der Waals surface area contributed by atoms with Gasteiger partial charge in [0.05, 0.1) is 16.3 Å². The Morgan fingerprint density at radius 2 is 1.83 bits per heavy atom. The molecule has 1 saturated heterocycles. The van der Waals surface area contributed by atoms with E-state index in [1.807, 2.05) is 24.3 Å². The zero-order valence-corrected chi connectivity index (χ0v) is 21.1. The first-order valence-electron chi connectivity index (χ1n) is 10.9. The molecule has 0 N–H and O–H groups in total. The molecule has 1 atom stereocenters. The van der Waals surface area contributed by atoms with Gasteiger partial charge >= 0.3 is 0 Å². The standard InChI is InChI=1S/C26H22Cl2F2N2O2S/c1-16-14-31(9-10-32(16)20-4-2-3-18(27)12-20)26(34)17-5-8-25(22(28)11-17)35-15-24(33)21-7-6-19(29)13-23(21)30/h2-8,11-13,16H,9-10,14-15H2,1H3/t16-/m0/s1. The van der Waals surface area contributed by atoms with Crippen LogP contribution in [-0.4, -0.2) is 48.0 Å². The maximum atomic E-state index is 13.8. The summed E-state index contributed by atoms with van der Waals surface area (Å²) >= 11 is 13.7. The molecule has 0 saturated carbocycles. The summed E-state index contributed by atoms with van der Waals surface area (Å²) in [7, 11) is 0. The molecule has 1 aliphatic rings. The number of carbonyl (C=O) groups excluding carboxylic acids is 2. The summed E-state index contributed by atoms with van der Waals surface area (Å²) in [6, 6.07) is 15.6. The van der Waals surface area contributed by atoms with Crippen molar-refractivity contribution < 1.29 is 18.4 Å². The fraction of sp³-hybridized carbons (Fsp3) is 0.231. The molecule has 0 unspecified atom stereocenters. The molecule has 0 aliphatic carbocycles. The third kappa shape index (κ3) is 5.97. The van der Waals surface area contributed by atoms with E-state index in [2.05, 4.69) is 11.8 Å². The maximum absolute atomic E-state index is 13.8. The van der Waals surface area contributed by atoms with Crippen molar-refractivity contribution in [3.8, 4) is 0 Å². The highest BCUT2D eigenvalue weighted by atomic mass is 35.5. The number of hydrogen-bond acceptors (Lipinski definition) is 4. The Labute approximate surface area is 216 Å². The van der Waals surface area contributed by atoms with Gasteiger partial charge in [-0.2, -0.15) is 0 Å². The van der Waals surface area contributed by atoms with Gasteiger partial charge in [-0.15, -0.1) is 11.8 Å². The highest BCUT2D eigenvalue weighted by molar-refractivity contribution is 8.00. The minimum Gasteiger partial charge on any atom is -0.365 e. The Hall–Kier alpha value is -2.61. The molecule has 0 bridgehead atoms. The maximum Gasteiger partial charge on any atom is 0.254 e. The molecule has 0 spiro atoms. The van der Waals surface area contributed by atoms with E-state index in [-0.39, 0.29) is 23.3 Å². The number of halogens is 4. The van der Waals surface area contributed by atoms with Crippen molar-refractivity contribution in [2.24, 2.45) is 0 Å². The van der Waals surface area contributed by atoms with Crippen molar-refractivity contribution >= 4 is 52.3 Å². The lowest BCUT2D eigenvalue weighted by atomic mass is 10.1. The smallest absolute Gasteiger partial charge is 0.254 e. The number of piperazine rings is 1. The van der Waals surface area contributed by atoms with Crippen LogP contribution in [-0.2, 0) is 0 Å². The summed E-state index contributed by atoms with van der Waals surface area (Å²) in [6.07, 6.45) is 0. The number of Topliss-reactive ketones (excluding diaryl/α,β-unsaturated/α-hetero) is 1. The Balaban J connectivity index is 1.38. The van der Waals surface area contributed by atoms with Gasteiger partial charge in [0.1, 0.15) is 11.6 Å². The van der Waals surface area contributed by atoms with Crippen LogP contribution >= 0.6 is 35.0 Å². The largest absolute Gasteiger partial charge is 0.365 e. The van der Waals surface area contributed by atoms with Gasteiger partial charge in [-0.1, -0.05) is 29.3 Å². The molecular weight excluding hydrogens is 513 g/mol. The molecule has 35 heavy (non-hydrogen) atoms. The number of amides is 1. The summed E-state index contributed by atoms with van der Waals surface area (Å²) in [4.78, 5) is 30.1. The quantitative estimate of drug-likeness (QED) is 0.264. The second kappa shape index (κ2) is 11.0. The molecule has 0 radical (unpaired) electrons. The molecule has 9 heteroatoms. The highest BCUT2D eigenvalue weighted by Crippen LogP contribution is 2.30. The van der Waals surface area contributed by atoms with Gasteiger partial charge < -0.3 is 9.80 Å². The average molecular weight is 535 g/mol. The Morgan fingerprint density at radius 1 is 1.03 bits per heavy atom. The normalized spacial score (nSPS) is 15.9. The third-order valence-electron chi connectivity index (χ3n) is 5.82. The lowest BCUT2D eigenvalue weighted by molar-refractivity contribution is 0.0726. The molecule has 0 aromatic heterocycles. The highest BCUT2D eigenvalue weighted by Gasteiger charge is 2.28. The van der Waals surface area contributed by atoms with E-state index in [4.69, 9.17) is 23.2 Å². The Kier molecular flexibility index (Phi) is 7.99. The zero-order valence-electron chi connectivity index (χ0n) is 18.8. The number of nitrogens with zero attached hydrogens (tertiary/aromatic N) is 2. The van der Waals surface area contributed by atoms with Gasteiger partial charge in [0.2, 0.25) is 0 Å². The monoisotopic (exact) mass is 534 g/mol. The number of rotatable bonds is 6. The van der Waals surface area contributed by atoms with Crippen molar-refractivity contribution in [3.63, 3.8) is 0 Å². The first-order valence-corrected chi connectivity index (χ1v) is 12.7. The Bertz CT molecular complexity index is 1270. The van der Waals surface area contributed by atoms with Gasteiger partial charge in [0.25, 0.3) is 5.91 Å². The first kappa shape index (κ1) is 25.5. The van der Waals surface area contributed by atoms with E-state index >= 15 is 0 Å². The lowest BCUT2D eigenvalue weighted by Gasteiger charge is -2.41. The first-order chi connectivity index (χ1) is 16.7. The van der Waals surface area contributed by atoms with E-state index in [0.29, 0.717) is 46.2 Å². The molecule has 4 nitrogen and oxygen atoms in total. The third-order valence-corrected chi connectivity index (χ3v) is 7.56. The van der Waals surface area contributed by atoms with Crippen LogP contribution in [0.5, 0.6) is 0 Å². The molecule has 1 fully saturated rings. The van der Waals surface area contributed by atoms with Gasteiger partial charge in [0, 0.05) is 52.9 Å². The summed E-state index contributed by atoms with van der Waals surface area (Å²) in [5, 5.41) is 1.00. The zero-order chi connectivity index (χ0) is 25.1. The van der Waals surface area contributed by atoms with Gasteiger partial charge in [-0.25, -0.2) is 8.78 Å². The van der Waals surface area contributed by atoms with Gasteiger partial charge in [-0.05, 0) is 55.5 Å². The minimum absolute atomic E-state index is 0.0709. The number of benzene rings is 3. The van der Waals surface area contributed by atoms with Crippen LogP contribution in [0.3, 0.4) is 0 Å². The number of anilines is 1. The molecule has 3 aromatic rings. The van der Waals surface area contributed by atoms with Crippen LogP contribution in [0.2, 0.25) is 10.0 Å². The number of hydrogen-bond donors (Lipinski definition) is 0. The van der Waals surface area contributed by atoms with E-state index in [9.17, 15) is 18.4 Å². The van der Waals surface area contributed by atoms with Crippen LogP contribution < -0.4 is 4.90 Å². The predicted octanol–water partition coefficient (Wildman–Crippen LogP) is 6.60. The topological polar surface area (TPSA) is 40.6 Å². The fourth-order valence-corrected chi connectivity index (χ4v) is 5.38. The van der Waals surface area contributed by atoms with Crippen molar-refractivity contribution in [1.82, 2.24) is 4.90 Å². The van der Waals surface area contributed by atoms with E-state index in [1.165, 1.54) is 0 Å². The number of carbonyl (C=O) groups is 2. The molecule has 1 aliphatic heterocycles. The van der Waals surface area contributed by atoms with E-state index in [0.717, 1.165) is 29.6 Å². The summed E-state index contributed by atoms with van der Waals surface area (Å²) in [5.41, 5.74) is 1.31. The van der Waals surface area contributed by atoms with Crippen molar-refractivity contribution in [1.29, 1.82) is 0 Å². The molecular formula is C26H22Cl2F2N2O2S. The van der Waals surface area contributed by atoms with Crippen molar-refractivity contribution in [2.75, 3.05) is 30.3 Å². The van der Waals surface area contributed by atoms with Crippen LogP contribution in [0.25, 0.3) is 0 Å². The second-order valence-electron chi connectivity index (χ2n) is 8.25. The fourth-order valence-electron chi connectivity index (χ4n) is 4.05. The van der Waals surface area contributed by atoms with Gasteiger partial charge in [-0.3, -0.25) is 9.59 Å². The van der Waals surface area contributed by atoms with Gasteiger partial charge in [0.15, 0.2) is 5.78 Å². The van der Waals surface area contributed by atoms with E-state index in [1.54, 1.807) is 23.1 Å². The number of ketones is 1. The predicted molar refractivity (Wildman–Crippen MR) is 137 cm³/mol. The lowest BCUT2D eigenvalue weighted by Crippen LogP contribution is -2.53. The molecule has 3 aromatic carbocycles. The van der Waals surface area contributed by atoms with Crippen molar-refractivity contribution in [2.45, 2.75) is 17.9 Å². The van der Waals surface area contributed by atoms with Crippen molar-refractivity contribution in [3.05, 3.63) is 93.5 Å². The number of thioether (sulfide) groups is 1. The molecule has 1 heterocycles. The molecule has 1 amide bonds. The van der Waals surface area contributed by atoms with Crippen LogP contribution in [0.4, 0.5) is 14.5 Å². The Morgan fingerprint density at radius 3 is 2.51 bits per heavy atom. The second-order valence-corrected chi connectivity index (χ2v) is 10.1. The summed E-state index contributed by atoms with van der Waals surface area (Å²) in [6.45, 7) is 3.85. The summed E-state index contributed by atoms with van der Waals surface area (Å²) < 4.78 is 26.9. The SMILES string of the molecule is C[C@H]1CN(C(=O)c2ccc(SCC(=O)c3ccc(F)cc3F)c(Cl)c2)CCN1c1cccc(Cl)c1. The molecule has 4 rings (SSSR count). The minimum atomic E-state index is -0.896. The van der Waals surface area contributed by atoms with Crippen LogP contribution in [0.1, 0.15) is 27.6 Å². The molecule has 182 valence electrons.